The molecule has 3 rings (SSSR count). The Labute approximate surface area is 159 Å². The number of nitrogens with zero attached hydrogens (tertiary/aromatic N) is 2. The third-order valence-electron chi connectivity index (χ3n) is 4.13. The van der Waals surface area contributed by atoms with Crippen LogP contribution in [0.25, 0.3) is 0 Å². The summed E-state index contributed by atoms with van der Waals surface area (Å²) in [6.07, 6.45) is -3.22. The molecule has 0 aliphatic carbocycles. The number of amides is 1. The number of benzene rings is 2. The van der Waals surface area contributed by atoms with E-state index in [2.05, 4.69) is 20.6 Å². The van der Waals surface area contributed by atoms with Crippen LogP contribution in [0.1, 0.15) is 27.2 Å². The molecule has 1 heterocycles. The molecule has 0 atom stereocenters. The van der Waals surface area contributed by atoms with Crippen molar-refractivity contribution in [2.75, 3.05) is 10.6 Å². The molecule has 2 N–H and O–H groups in total. The quantitative estimate of drug-likeness (QED) is 0.654. The van der Waals surface area contributed by atoms with Crippen molar-refractivity contribution in [1.82, 2.24) is 9.97 Å². The number of alkyl halides is 3. The van der Waals surface area contributed by atoms with E-state index in [9.17, 15) is 18.0 Å². The molecule has 1 aromatic heterocycles. The normalized spacial score (nSPS) is 11.2. The third kappa shape index (κ3) is 4.46. The maximum Gasteiger partial charge on any atom is 0.418 e. The van der Waals surface area contributed by atoms with Gasteiger partial charge in [0.05, 0.1) is 11.3 Å². The molecule has 0 saturated carbocycles. The highest BCUT2D eigenvalue weighted by molar-refractivity contribution is 6.03. The molecule has 0 bridgehead atoms. The summed E-state index contributed by atoms with van der Waals surface area (Å²) < 4.78 is 39.4. The summed E-state index contributed by atoms with van der Waals surface area (Å²) in [6.45, 7) is 3.89. The molecule has 0 aliphatic heterocycles. The highest BCUT2D eigenvalue weighted by Crippen LogP contribution is 2.35. The highest BCUT2D eigenvalue weighted by atomic mass is 19.4. The van der Waals surface area contributed by atoms with Gasteiger partial charge in [0.2, 0.25) is 5.95 Å². The molecular weight excluding hydrogens is 369 g/mol. The molecule has 8 heteroatoms. The SMILES string of the molecule is Cc1ccc(NC(=O)c2ccnc(Nc3ccccc3C(F)(F)F)n2)cc1C. The van der Waals surface area contributed by atoms with Crippen LogP contribution in [-0.2, 0) is 6.18 Å². The van der Waals surface area contributed by atoms with Gasteiger partial charge in [-0.2, -0.15) is 13.2 Å². The zero-order valence-electron chi connectivity index (χ0n) is 15.1. The number of carbonyl (C=O) groups is 1. The van der Waals surface area contributed by atoms with Gasteiger partial charge in [0, 0.05) is 11.9 Å². The van der Waals surface area contributed by atoms with Crippen molar-refractivity contribution < 1.29 is 18.0 Å². The van der Waals surface area contributed by atoms with E-state index < -0.39 is 17.6 Å². The Morgan fingerprint density at radius 1 is 1.00 bits per heavy atom. The number of rotatable bonds is 4. The molecule has 0 aliphatic rings. The minimum Gasteiger partial charge on any atom is -0.324 e. The Kier molecular flexibility index (Phi) is 5.30. The van der Waals surface area contributed by atoms with Crippen molar-refractivity contribution in [1.29, 1.82) is 0 Å². The Morgan fingerprint density at radius 2 is 1.75 bits per heavy atom. The van der Waals surface area contributed by atoms with Crippen molar-refractivity contribution >= 4 is 23.2 Å². The second-order valence-corrected chi connectivity index (χ2v) is 6.19. The van der Waals surface area contributed by atoms with Gasteiger partial charge in [-0.15, -0.1) is 0 Å². The molecule has 0 spiro atoms. The standard InChI is InChI=1S/C20H17F3N4O/c1-12-7-8-14(11-13(12)2)25-18(28)17-9-10-24-19(27-17)26-16-6-4-3-5-15(16)20(21,22)23/h3-11H,1-2H3,(H,25,28)(H,24,26,27). The van der Waals surface area contributed by atoms with Gasteiger partial charge < -0.3 is 10.6 Å². The van der Waals surface area contributed by atoms with Crippen molar-refractivity contribution in [3.05, 3.63) is 77.1 Å². The van der Waals surface area contributed by atoms with Crippen LogP contribution in [0.4, 0.5) is 30.5 Å². The van der Waals surface area contributed by atoms with Crippen molar-refractivity contribution in [3.8, 4) is 0 Å². The fraction of sp³-hybridized carbons (Fsp3) is 0.150. The van der Waals surface area contributed by atoms with Gasteiger partial charge >= 0.3 is 6.18 Å². The highest BCUT2D eigenvalue weighted by Gasteiger charge is 2.33. The summed E-state index contributed by atoms with van der Waals surface area (Å²) in [5.74, 6) is -0.595. The van der Waals surface area contributed by atoms with E-state index in [-0.39, 0.29) is 17.3 Å². The Hall–Kier alpha value is -3.42. The number of hydrogen-bond acceptors (Lipinski definition) is 4. The fourth-order valence-electron chi connectivity index (χ4n) is 2.52. The topological polar surface area (TPSA) is 66.9 Å². The van der Waals surface area contributed by atoms with Gasteiger partial charge in [-0.05, 0) is 55.3 Å². The van der Waals surface area contributed by atoms with Crippen LogP contribution in [0.2, 0.25) is 0 Å². The van der Waals surface area contributed by atoms with Gasteiger partial charge in [0.1, 0.15) is 5.69 Å². The first-order valence-electron chi connectivity index (χ1n) is 8.39. The lowest BCUT2D eigenvalue weighted by atomic mass is 10.1. The number of halogens is 3. The van der Waals surface area contributed by atoms with E-state index in [1.54, 1.807) is 6.07 Å². The lowest BCUT2D eigenvalue weighted by Crippen LogP contribution is -2.15. The monoisotopic (exact) mass is 386 g/mol. The number of para-hydroxylation sites is 1. The van der Waals surface area contributed by atoms with Crippen LogP contribution in [0.3, 0.4) is 0 Å². The smallest absolute Gasteiger partial charge is 0.324 e. The van der Waals surface area contributed by atoms with Gasteiger partial charge in [-0.1, -0.05) is 18.2 Å². The molecule has 2 aromatic carbocycles. The predicted molar refractivity (Wildman–Crippen MR) is 101 cm³/mol. The number of nitrogens with one attached hydrogen (secondary N) is 2. The van der Waals surface area contributed by atoms with Crippen LogP contribution in [0.5, 0.6) is 0 Å². The first kappa shape index (κ1) is 19.3. The van der Waals surface area contributed by atoms with Crippen LogP contribution >= 0.6 is 0 Å². The molecule has 0 fully saturated rings. The van der Waals surface area contributed by atoms with Crippen LogP contribution in [0, 0.1) is 13.8 Å². The Balaban J connectivity index is 1.81. The summed E-state index contributed by atoms with van der Waals surface area (Å²) in [5.41, 5.74) is 1.70. The predicted octanol–water partition coefficient (Wildman–Crippen LogP) is 5.11. The number of hydrogen-bond donors (Lipinski definition) is 2. The van der Waals surface area contributed by atoms with Crippen LogP contribution in [0.15, 0.2) is 54.7 Å². The van der Waals surface area contributed by atoms with Gasteiger partial charge in [0.25, 0.3) is 5.91 Å². The summed E-state index contributed by atoms with van der Waals surface area (Å²) in [4.78, 5) is 20.4. The van der Waals surface area contributed by atoms with E-state index in [4.69, 9.17) is 0 Å². The summed E-state index contributed by atoms with van der Waals surface area (Å²) in [5, 5.41) is 5.25. The number of aromatic nitrogens is 2. The average molecular weight is 386 g/mol. The minimum absolute atomic E-state index is 0.0280. The second kappa shape index (κ2) is 7.67. The van der Waals surface area contributed by atoms with E-state index in [1.165, 1.54) is 30.5 Å². The minimum atomic E-state index is -4.53. The van der Waals surface area contributed by atoms with Gasteiger partial charge in [-0.25, -0.2) is 9.97 Å². The molecule has 0 saturated heterocycles. The van der Waals surface area contributed by atoms with Gasteiger partial charge in [-0.3, -0.25) is 4.79 Å². The zero-order chi connectivity index (χ0) is 20.3. The zero-order valence-corrected chi connectivity index (χ0v) is 15.1. The van der Waals surface area contributed by atoms with E-state index >= 15 is 0 Å². The van der Waals surface area contributed by atoms with Crippen molar-refractivity contribution in [2.45, 2.75) is 20.0 Å². The lowest BCUT2D eigenvalue weighted by Gasteiger charge is -2.13. The first-order chi connectivity index (χ1) is 13.2. The molecule has 144 valence electrons. The molecule has 28 heavy (non-hydrogen) atoms. The largest absolute Gasteiger partial charge is 0.418 e. The fourth-order valence-corrected chi connectivity index (χ4v) is 2.52. The average Bonchev–Trinajstić information content (AvgIpc) is 2.64. The number of anilines is 3. The maximum absolute atomic E-state index is 13.1. The van der Waals surface area contributed by atoms with E-state index in [1.807, 2.05) is 26.0 Å². The molecule has 3 aromatic rings. The third-order valence-corrected chi connectivity index (χ3v) is 4.13. The van der Waals surface area contributed by atoms with Crippen molar-refractivity contribution in [2.24, 2.45) is 0 Å². The summed E-state index contributed by atoms with van der Waals surface area (Å²) in [7, 11) is 0. The van der Waals surface area contributed by atoms with Crippen LogP contribution < -0.4 is 10.6 Å². The molecule has 0 unspecified atom stereocenters. The number of aryl methyl sites for hydroxylation is 2. The molecule has 5 nitrogen and oxygen atoms in total. The Morgan fingerprint density at radius 3 is 2.46 bits per heavy atom. The lowest BCUT2D eigenvalue weighted by molar-refractivity contribution is -0.136. The second-order valence-electron chi connectivity index (χ2n) is 6.19. The van der Waals surface area contributed by atoms with E-state index in [0.29, 0.717) is 5.69 Å². The summed E-state index contributed by atoms with van der Waals surface area (Å²) in [6, 6.07) is 11.8. The van der Waals surface area contributed by atoms with E-state index in [0.717, 1.165) is 17.2 Å². The first-order valence-corrected chi connectivity index (χ1v) is 8.39. The maximum atomic E-state index is 13.1. The molecular formula is C20H17F3N4O. The van der Waals surface area contributed by atoms with Crippen molar-refractivity contribution in [3.63, 3.8) is 0 Å². The summed E-state index contributed by atoms with van der Waals surface area (Å²) >= 11 is 0. The molecule has 1 amide bonds. The van der Waals surface area contributed by atoms with Crippen LogP contribution in [-0.4, -0.2) is 15.9 Å². The Bertz CT molecular complexity index is 1020. The van der Waals surface area contributed by atoms with Gasteiger partial charge in [0.15, 0.2) is 0 Å². The number of carbonyl (C=O) groups excluding carboxylic acids is 1. The molecule has 0 radical (unpaired) electrons.